The van der Waals surface area contributed by atoms with Gasteiger partial charge in [-0.15, -0.1) is 0 Å². The standard InChI is InChI=1S/C18H21FN2/c19-16-8-6-15(7-9-16)18(12-20)21(17-10-11-17)13-14-4-2-1-3-5-14/h1-9,17-18H,10-13,20H2. The van der Waals surface area contributed by atoms with Crippen LogP contribution in [0.1, 0.15) is 30.0 Å². The Morgan fingerprint density at radius 2 is 1.71 bits per heavy atom. The van der Waals surface area contributed by atoms with Crippen LogP contribution >= 0.6 is 0 Å². The van der Waals surface area contributed by atoms with Crippen LogP contribution in [0.15, 0.2) is 54.6 Å². The minimum Gasteiger partial charge on any atom is -0.329 e. The van der Waals surface area contributed by atoms with Gasteiger partial charge in [0, 0.05) is 25.2 Å². The van der Waals surface area contributed by atoms with Crippen molar-refractivity contribution >= 4 is 0 Å². The van der Waals surface area contributed by atoms with E-state index in [-0.39, 0.29) is 11.9 Å². The zero-order valence-electron chi connectivity index (χ0n) is 12.1. The lowest BCUT2D eigenvalue weighted by atomic mass is 10.0. The van der Waals surface area contributed by atoms with Gasteiger partial charge in [-0.05, 0) is 36.1 Å². The normalized spacial score (nSPS) is 16.1. The van der Waals surface area contributed by atoms with Crippen LogP contribution in [0.25, 0.3) is 0 Å². The van der Waals surface area contributed by atoms with Crippen molar-refractivity contribution in [2.45, 2.75) is 31.5 Å². The Bertz CT molecular complexity index is 564. The van der Waals surface area contributed by atoms with E-state index in [1.165, 1.54) is 30.5 Å². The molecule has 1 atom stereocenters. The topological polar surface area (TPSA) is 29.3 Å². The average molecular weight is 284 g/mol. The zero-order valence-corrected chi connectivity index (χ0v) is 12.1. The van der Waals surface area contributed by atoms with E-state index in [2.05, 4.69) is 29.2 Å². The lowest BCUT2D eigenvalue weighted by Crippen LogP contribution is -2.35. The first-order valence-electron chi connectivity index (χ1n) is 7.53. The highest BCUT2D eigenvalue weighted by Crippen LogP contribution is 2.35. The van der Waals surface area contributed by atoms with E-state index in [1.807, 2.05) is 18.2 Å². The molecule has 1 aliphatic carbocycles. The van der Waals surface area contributed by atoms with Gasteiger partial charge in [-0.1, -0.05) is 42.5 Å². The van der Waals surface area contributed by atoms with Crippen LogP contribution in [0.3, 0.4) is 0 Å². The molecular weight excluding hydrogens is 263 g/mol. The number of nitrogens with two attached hydrogens (primary N) is 1. The maximum atomic E-state index is 13.1. The molecule has 2 aromatic carbocycles. The minimum atomic E-state index is -0.199. The lowest BCUT2D eigenvalue weighted by Gasteiger charge is -2.31. The van der Waals surface area contributed by atoms with Gasteiger partial charge >= 0.3 is 0 Å². The van der Waals surface area contributed by atoms with Crippen LogP contribution in [0.4, 0.5) is 4.39 Å². The summed E-state index contributed by atoms with van der Waals surface area (Å²) in [6.07, 6.45) is 2.45. The van der Waals surface area contributed by atoms with Crippen molar-refractivity contribution in [2.24, 2.45) is 5.73 Å². The molecule has 0 aliphatic heterocycles. The van der Waals surface area contributed by atoms with Crippen LogP contribution < -0.4 is 5.73 Å². The Hall–Kier alpha value is -1.71. The minimum absolute atomic E-state index is 0.151. The summed E-state index contributed by atoms with van der Waals surface area (Å²) in [5.74, 6) is -0.199. The second-order valence-electron chi connectivity index (χ2n) is 5.69. The van der Waals surface area contributed by atoms with Crippen molar-refractivity contribution in [3.8, 4) is 0 Å². The number of halogens is 1. The monoisotopic (exact) mass is 284 g/mol. The van der Waals surface area contributed by atoms with Crippen molar-refractivity contribution in [1.29, 1.82) is 0 Å². The zero-order chi connectivity index (χ0) is 14.7. The summed E-state index contributed by atoms with van der Waals surface area (Å²) in [7, 11) is 0. The molecule has 2 aromatic rings. The third kappa shape index (κ3) is 3.49. The molecule has 1 unspecified atom stereocenters. The third-order valence-corrected chi connectivity index (χ3v) is 4.10. The summed E-state index contributed by atoms with van der Waals surface area (Å²) in [6.45, 7) is 1.44. The molecule has 0 saturated heterocycles. The molecule has 0 aromatic heterocycles. The molecule has 2 nitrogen and oxygen atoms in total. The van der Waals surface area contributed by atoms with Gasteiger partial charge in [-0.3, -0.25) is 4.90 Å². The highest BCUT2D eigenvalue weighted by Gasteiger charge is 2.34. The van der Waals surface area contributed by atoms with E-state index in [0.29, 0.717) is 12.6 Å². The van der Waals surface area contributed by atoms with Crippen LogP contribution in [0.5, 0.6) is 0 Å². The summed E-state index contributed by atoms with van der Waals surface area (Å²) < 4.78 is 13.1. The Morgan fingerprint density at radius 3 is 2.29 bits per heavy atom. The fraction of sp³-hybridized carbons (Fsp3) is 0.333. The molecule has 21 heavy (non-hydrogen) atoms. The molecule has 0 heterocycles. The van der Waals surface area contributed by atoms with Gasteiger partial charge in [0.25, 0.3) is 0 Å². The first-order chi connectivity index (χ1) is 10.3. The van der Waals surface area contributed by atoms with Gasteiger partial charge < -0.3 is 5.73 Å². The largest absolute Gasteiger partial charge is 0.329 e. The fourth-order valence-corrected chi connectivity index (χ4v) is 2.84. The van der Waals surface area contributed by atoms with E-state index < -0.39 is 0 Å². The van der Waals surface area contributed by atoms with Gasteiger partial charge in [-0.25, -0.2) is 4.39 Å². The van der Waals surface area contributed by atoms with E-state index in [0.717, 1.165) is 12.1 Å². The fourth-order valence-electron chi connectivity index (χ4n) is 2.84. The smallest absolute Gasteiger partial charge is 0.123 e. The summed E-state index contributed by atoms with van der Waals surface area (Å²) in [6, 6.07) is 18.0. The van der Waals surface area contributed by atoms with Crippen molar-refractivity contribution < 1.29 is 4.39 Å². The van der Waals surface area contributed by atoms with Gasteiger partial charge in [0.1, 0.15) is 5.82 Å². The molecule has 0 spiro atoms. The second-order valence-corrected chi connectivity index (χ2v) is 5.69. The predicted octanol–water partition coefficient (Wildman–Crippen LogP) is 3.49. The summed E-state index contributed by atoms with van der Waals surface area (Å²) >= 11 is 0. The number of hydrogen-bond acceptors (Lipinski definition) is 2. The number of nitrogens with zero attached hydrogens (tertiary/aromatic N) is 1. The Balaban J connectivity index is 1.82. The van der Waals surface area contributed by atoms with Crippen LogP contribution in [0.2, 0.25) is 0 Å². The molecule has 1 fully saturated rings. The Morgan fingerprint density at radius 1 is 1.05 bits per heavy atom. The molecule has 2 N–H and O–H groups in total. The predicted molar refractivity (Wildman–Crippen MR) is 83.2 cm³/mol. The molecule has 1 aliphatic rings. The highest BCUT2D eigenvalue weighted by molar-refractivity contribution is 5.22. The quantitative estimate of drug-likeness (QED) is 0.880. The van der Waals surface area contributed by atoms with Gasteiger partial charge in [0.15, 0.2) is 0 Å². The molecule has 1 saturated carbocycles. The van der Waals surface area contributed by atoms with E-state index in [4.69, 9.17) is 5.73 Å². The van der Waals surface area contributed by atoms with E-state index in [9.17, 15) is 4.39 Å². The molecule has 3 heteroatoms. The van der Waals surface area contributed by atoms with Gasteiger partial charge in [0.05, 0.1) is 0 Å². The molecule has 0 radical (unpaired) electrons. The molecule has 0 bridgehead atoms. The highest BCUT2D eigenvalue weighted by atomic mass is 19.1. The maximum Gasteiger partial charge on any atom is 0.123 e. The van der Waals surface area contributed by atoms with Crippen molar-refractivity contribution in [1.82, 2.24) is 4.90 Å². The van der Waals surface area contributed by atoms with Crippen LogP contribution in [-0.2, 0) is 6.54 Å². The van der Waals surface area contributed by atoms with Crippen molar-refractivity contribution in [3.05, 3.63) is 71.5 Å². The summed E-state index contributed by atoms with van der Waals surface area (Å²) in [5, 5.41) is 0. The number of rotatable bonds is 6. The summed E-state index contributed by atoms with van der Waals surface area (Å²) in [5.41, 5.74) is 8.42. The molecule has 0 amide bonds. The van der Waals surface area contributed by atoms with Gasteiger partial charge in [-0.2, -0.15) is 0 Å². The Kier molecular flexibility index (Phi) is 4.32. The number of benzene rings is 2. The average Bonchev–Trinajstić information content (AvgIpc) is 3.34. The van der Waals surface area contributed by atoms with Crippen molar-refractivity contribution in [3.63, 3.8) is 0 Å². The van der Waals surface area contributed by atoms with Crippen LogP contribution in [0, 0.1) is 5.82 Å². The summed E-state index contributed by atoms with van der Waals surface area (Å²) in [4.78, 5) is 2.46. The van der Waals surface area contributed by atoms with E-state index in [1.54, 1.807) is 0 Å². The lowest BCUT2D eigenvalue weighted by molar-refractivity contribution is 0.182. The first kappa shape index (κ1) is 14.2. The maximum absolute atomic E-state index is 13.1. The van der Waals surface area contributed by atoms with Crippen molar-refractivity contribution in [2.75, 3.05) is 6.54 Å². The molecule has 110 valence electrons. The molecular formula is C18H21FN2. The SMILES string of the molecule is NCC(c1ccc(F)cc1)N(Cc1ccccc1)C1CC1. The Labute approximate surface area is 125 Å². The first-order valence-corrected chi connectivity index (χ1v) is 7.53. The molecule has 3 rings (SSSR count). The number of hydrogen-bond donors (Lipinski definition) is 1. The van der Waals surface area contributed by atoms with Gasteiger partial charge in [0.2, 0.25) is 0 Å². The third-order valence-electron chi connectivity index (χ3n) is 4.10. The second kappa shape index (κ2) is 6.37. The van der Waals surface area contributed by atoms with E-state index >= 15 is 0 Å². The van der Waals surface area contributed by atoms with Crippen LogP contribution in [-0.4, -0.2) is 17.5 Å².